The van der Waals surface area contributed by atoms with Crippen LogP contribution in [0.5, 0.6) is 0 Å². The number of pyridine rings is 1. The molecule has 0 fully saturated rings. The SMILES string of the molecule is COCCNc1ccc(C(=O)NCCC(C)C)cn1. The molecule has 0 atom stereocenters. The summed E-state index contributed by atoms with van der Waals surface area (Å²) in [5, 5.41) is 5.98. The molecular formula is C14H23N3O2. The lowest BCUT2D eigenvalue weighted by atomic mass is 10.1. The Bertz CT molecular complexity index is 377. The van der Waals surface area contributed by atoms with E-state index in [1.165, 1.54) is 0 Å². The molecule has 0 aromatic carbocycles. The Hall–Kier alpha value is -1.62. The molecule has 0 saturated heterocycles. The lowest BCUT2D eigenvalue weighted by Gasteiger charge is -2.08. The molecule has 2 N–H and O–H groups in total. The van der Waals surface area contributed by atoms with Gasteiger partial charge >= 0.3 is 0 Å². The van der Waals surface area contributed by atoms with Crippen LogP contribution in [0.4, 0.5) is 5.82 Å². The Balaban J connectivity index is 2.39. The number of nitrogens with one attached hydrogen (secondary N) is 2. The van der Waals surface area contributed by atoms with Crippen molar-refractivity contribution in [3.05, 3.63) is 23.9 Å². The number of hydrogen-bond donors (Lipinski definition) is 2. The fraction of sp³-hybridized carbons (Fsp3) is 0.571. The fourth-order valence-electron chi connectivity index (χ4n) is 1.49. The minimum atomic E-state index is -0.0726. The van der Waals surface area contributed by atoms with Crippen LogP contribution in [0, 0.1) is 5.92 Å². The van der Waals surface area contributed by atoms with Crippen LogP contribution in [-0.4, -0.2) is 37.7 Å². The number of rotatable bonds is 8. The van der Waals surface area contributed by atoms with E-state index in [2.05, 4.69) is 29.5 Å². The Morgan fingerprint density at radius 3 is 2.74 bits per heavy atom. The summed E-state index contributed by atoms with van der Waals surface area (Å²) < 4.78 is 4.93. The summed E-state index contributed by atoms with van der Waals surface area (Å²) in [7, 11) is 1.65. The number of carbonyl (C=O) groups excluding carboxylic acids is 1. The monoisotopic (exact) mass is 265 g/mol. The van der Waals surface area contributed by atoms with Gasteiger partial charge in [-0.05, 0) is 24.5 Å². The summed E-state index contributed by atoms with van der Waals surface area (Å²) in [6.07, 6.45) is 2.57. The number of nitrogens with zero attached hydrogens (tertiary/aromatic N) is 1. The van der Waals surface area contributed by atoms with Crippen LogP contribution >= 0.6 is 0 Å². The largest absolute Gasteiger partial charge is 0.383 e. The number of amides is 1. The van der Waals surface area contributed by atoms with Crippen LogP contribution in [-0.2, 0) is 4.74 Å². The minimum Gasteiger partial charge on any atom is -0.383 e. The summed E-state index contributed by atoms with van der Waals surface area (Å²) in [4.78, 5) is 16.0. The van der Waals surface area contributed by atoms with E-state index in [0.29, 0.717) is 31.2 Å². The molecule has 0 bridgehead atoms. The Kier molecular flexibility index (Phi) is 6.89. The maximum Gasteiger partial charge on any atom is 0.252 e. The van der Waals surface area contributed by atoms with Gasteiger partial charge in [0.1, 0.15) is 5.82 Å². The van der Waals surface area contributed by atoms with E-state index in [1.54, 1.807) is 25.4 Å². The quantitative estimate of drug-likeness (QED) is 0.705. The van der Waals surface area contributed by atoms with Gasteiger partial charge in [-0.25, -0.2) is 4.98 Å². The summed E-state index contributed by atoms with van der Waals surface area (Å²) in [5.41, 5.74) is 0.584. The van der Waals surface area contributed by atoms with Gasteiger partial charge in [-0.2, -0.15) is 0 Å². The van der Waals surface area contributed by atoms with Gasteiger partial charge in [0.25, 0.3) is 5.91 Å². The summed E-state index contributed by atoms with van der Waals surface area (Å²) >= 11 is 0. The van der Waals surface area contributed by atoms with Crippen molar-refractivity contribution in [1.82, 2.24) is 10.3 Å². The molecular weight excluding hydrogens is 242 g/mol. The molecule has 0 spiro atoms. The number of anilines is 1. The van der Waals surface area contributed by atoms with Crippen molar-refractivity contribution in [2.24, 2.45) is 5.92 Å². The van der Waals surface area contributed by atoms with Crippen LogP contribution in [0.25, 0.3) is 0 Å². The van der Waals surface area contributed by atoms with Crippen LogP contribution in [0.3, 0.4) is 0 Å². The first kappa shape index (κ1) is 15.4. The van der Waals surface area contributed by atoms with E-state index in [-0.39, 0.29) is 5.91 Å². The second kappa shape index (κ2) is 8.48. The number of hydrogen-bond acceptors (Lipinski definition) is 4. The molecule has 0 saturated carbocycles. The number of aromatic nitrogens is 1. The fourth-order valence-corrected chi connectivity index (χ4v) is 1.49. The van der Waals surface area contributed by atoms with Gasteiger partial charge in [-0.3, -0.25) is 4.79 Å². The van der Waals surface area contributed by atoms with Crippen LogP contribution in [0.15, 0.2) is 18.3 Å². The second-order valence-corrected chi connectivity index (χ2v) is 4.79. The Labute approximate surface area is 114 Å². The first-order chi connectivity index (χ1) is 9.13. The van der Waals surface area contributed by atoms with Gasteiger partial charge in [0, 0.05) is 26.4 Å². The second-order valence-electron chi connectivity index (χ2n) is 4.79. The average molecular weight is 265 g/mol. The van der Waals surface area contributed by atoms with Crippen molar-refractivity contribution in [2.75, 3.05) is 32.1 Å². The molecule has 1 aromatic rings. The standard InChI is InChI=1S/C14H23N3O2/c1-11(2)6-7-16-14(18)12-4-5-13(17-10-12)15-8-9-19-3/h4-5,10-11H,6-9H2,1-3H3,(H,15,17)(H,16,18). The van der Waals surface area contributed by atoms with E-state index < -0.39 is 0 Å². The topological polar surface area (TPSA) is 63.2 Å². The zero-order valence-electron chi connectivity index (χ0n) is 11.9. The molecule has 0 aliphatic heterocycles. The Morgan fingerprint density at radius 2 is 2.16 bits per heavy atom. The number of ether oxygens (including phenoxy) is 1. The van der Waals surface area contributed by atoms with E-state index in [0.717, 1.165) is 12.2 Å². The predicted octanol–water partition coefficient (Wildman–Crippen LogP) is 1.92. The molecule has 0 unspecified atom stereocenters. The summed E-state index contributed by atoms with van der Waals surface area (Å²) in [6, 6.07) is 3.57. The van der Waals surface area contributed by atoms with Gasteiger partial charge in [0.15, 0.2) is 0 Å². The van der Waals surface area contributed by atoms with E-state index >= 15 is 0 Å². The maximum absolute atomic E-state index is 11.8. The smallest absolute Gasteiger partial charge is 0.252 e. The number of carbonyl (C=O) groups is 1. The van der Waals surface area contributed by atoms with Crippen molar-refractivity contribution in [3.63, 3.8) is 0 Å². The van der Waals surface area contributed by atoms with Crippen molar-refractivity contribution in [3.8, 4) is 0 Å². The van der Waals surface area contributed by atoms with E-state index in [9.17, 15) is 4.79 Å². The molecule has 0 radical (unpaired) electrons. The third-order valence-corrected chi connectivity index (χ3v) is 2.65. The highest BCUT2D eigenvalue weighted by molar-refractivity contribution is 5.93. The third-order valence-electron chi connectivity index (χ3n) is 2.65. The minimum absolute atomic E-state index is 0.0726. The molecule has 5 nitrogen and oxygen atoms in total. The van der Waals surface area contributed by atoms with Crippen LogP contribution < -0.4 is 10.6 Å². The maximum atomic E-state index is 11.8. The van der Waals surface area contributed by atoms with Crippen molar-refractivity contribution in [2.45, 2.75) is 20.3 Å². The number of methoxy groups -OCH3 is 1. The van der Waals surface area contributed by atoms with Crippen molar-refractivity contribution < 1.29 is 9.53 Å². The Morgan fingerprint density at radius 1 is 1.37 bits per heavy atom. The highest BCUT2D eigenvalue weighted by atomic mass is 16.5. The molecule has 1 aromatic heterocycles. The van der Waals surface area contributed by atoms with E-state index in [1.807, 2.05) is 0 Å². The van der Waals surface area contributed by atoms with Gasteiger partial charge in [-0.15, -0.1) is 0 Å². The zero-order valence-corrected chi connectivity index (χ0v) is 11.9. The zero-order chi connectivity index (χ0) is 14.1. The highest BCUT2D eigenvalue weighted by Gasteiger charge is 2.05. The van der Waals surface area contributed by atoms with Gasteiger partial charge in [0.2, 0.25) is 0 Å². The third kappa shape index (κ3) is 6.20. The lowest BCUT2D eigenvalue weighted by molar-refractivity contribution is 0.0951. The van der Waals surface area contributed by atoms with Gasteiger partial charge < -0.3 is 15.4 Å². The van der Waals surface area contributed by atoms with Crippen molar-refractivity contribution >= 4 is 11.7 Å². The first-order valence-corrected chi connectivity index (χ1v) is 6.60. The van der Waals surface area contributed by atoms with Crippen LogP contribution in [0.1, 0.15) is 30.6 Å². The molecule has 0 aliphatic rings. The summed E-state index contributed by atoms with van der Waals surface area (Å²) in [6.45, 7) is 6.29. The van der Waals surface area contributed by atoms with Gasteiger partial charge in [0.05, 0.1) is 12.2 Å². The molecule has 106 valence electrons. The van der Waals surface area contributed by atoms with E-state index in [4.69, 9.17) is 4.74 Å². The first-order valence-electron chi connectivity index (χ1n) is 6.60. The molecule has 19 heavy (non-hydrogen) atoms. The molecule has 1 amide bonds. The predicted molar refractivity (Wildman–Crippen MR) is 76.4 cm³/mol. The molecule has 0 aliphatic carbocycles. The lowest BCUT2D eigenvalue weighted by Crippen LogP contribution is -2.25. The average Bonchev–Trinajstić information content (AvgIpc) is 2.39. The normalized spacial score (nSPS) is 10.5. The van der Waals surface area contributed by atoms with Gasteiger partial charge in [-0.1, -0.05) is 13.8 Å². The van der Waals surface area contributed by atoms with Crippen molar-refractivity contribution in [1.29, 1.82) is 0 Å². The molecule has 5 heteroatoms. The summed E-state index contributed by atoms with van der Waals surface area (Å²) in [5.74, 6) is 1.26. The highest BCUT2D eigenvalue weighted by Crippen LogP contribution is 2.05. The van der Waals surface area contributed by atoms with Crippen LogP contribution in [0.2, 0.25) is 0 Å². The molecule has 1 rings (SSSR count). The molecule has 1 heterocycles.